The molecule has 0 radical (unpaired) electrons. The SMILES string of the molecule is COc1ccccc1NC(N)=NCCCS(=O)(=O)c1ccccc1. The molecule has 0 aliphatic heterocycles. The largest absolute Gasteiger partial charge is 0.495 e. The first kappa shape index (κ1) is 17.8. The maximum absolute atomic E-state index is 12.1. The molecule has 2 aromatic carbocycles. The molecule has 2 rings (SSSR count). The number of nitrogens with zero attached hydrogens (tertiary/aromatic N) is 1. The molecule has 3 N–H and O–H groups in total. The summed E-state index contributed by atoms with van der Waals surface area (Å²) in [7, 11) is -1.71. The van der Waals surface area contributed by atoms with Gasteiger partial charge in [0.15, 0.2) is 15.8 Å². The summed E-state index contributed by atoms with van der Waals surface area (Å²) in [4.78, 5) is 4.48. The van der Waals surface area contributed by atoms with Crippen LogP contribution in [0, 0.1) is 0 Å². The highest BCUT2D eigenvalue weighted by molar-refractivity contribution is 7.91. The summed E-state index contributed by atoms with van der Waals surface area (Å²) in [5.74, 6) is 0.904. The van der Waals surface area contributed by atoms with Gasteiger partial charge in [0.25, 0.3) is 0 Å². The molecule has 0 aromatic heterocycles. The Morgan fingerprint density at radius 1 is 1.12 bits per heavy atom. The fourth-order valence-electron chi connectivity index (χ4n) is 2.13. The number of methoxy groups -OCH3 is 1. The van der Waals surface area contributed by atoms with Crippen LogP contribution in [-0.4, -0.2) is 33.8 Å². The maximum Gasteiger partial charge on any atom is 0.193 e. The van der Waals surface area contributed by atoms with Gasteiger partial charge in [-0.1, -0.05) is 30.3 Å². The van der Waals surface area contributed by atoms with Gasteiger partial charge in [-0.25, -0.2) is 8.42 Å². The van der Waals surface area contributed by atoms with Crippen molar-refractivity contribution in [3.05, 3.63) is 54.6 Å². The summed E-state index contributed by atoms with van der Waals surface area (Å²) >= 11 is 0. The normalized spacial score (nSPS) is 12.0. The van der Waals surface area contributed by atoms with E-state index in [9.17, 15) is 8.42 Å². The van der Waals surface area contributed by atoms with E-state index in [1.54, 1.807) is 37.4 Å². The lowest BCUT2D eigenvalue weighted by atomic mass is 10.3. The van der Waals surface area contributed by atoms with Crippen molar-refractivity contribution >= 4 is 21.5 Å². The first-order chi connectivity index (χ1) is 11.5. The second-order valence-corrected chi connectivity index (χ2v) is 7.19. The van der Waals surface area contributed by atoms with Gasteiger partial charge in [0.2, 0.25) is 0 Å². The van der Waals surface area contributed by atoms with Gasteiger partial charge in [-0.15, -0.1) is 0 Å². The molecule has 0 aliphatic carbocycles. The number of nitrogens with two attached hydrogens (primary N) is 1. The molecule has 0 unspecified atom stereocenters. The Labute approximate surface area is 142 Å². The zero-order valence-corrected chi connectivity index (χ0v) is 14.3. The highest BCUT2D eigenvalue weighted by atomic mass is 32.2. The van der Waals surface area contributed by atoms with Crippen LogP contribution in [0.15, 0.2) is 64.5 Å². The molecule has 0 bridgehead atoms. The van der Waals surface area contributed by atoms with Crippen molar-refractivity contribution in [2.75, 3.05) is 24.7 Å². The van der Waals surface area contributed by atoms with Crippen molar-refractivity contribution in [3.63, 3.8) is 0 Å². The molecule has 6 nitrogen and oxygen atoms in total. The van der Waals surface area contributed by atoms with Crippen molar-refractivity contribution in [2.45, 2.75) is 11.3 Å². The molecule has 7 heteroatoms. The highest BCUT2D eigenvalue weighted by Crippen LogP contribution is 2.22. The van der Waals surface area contributed by atoms with Crippen LogP contribution in [0.4, 0.5) is 5.69 Å². The molecule has 0 aliphatic rings. The van der Waals surface area contributed by atoms with Gasteiger partial charge >= 0.3 is 0 Å². The number of nitrogens with one attached hydrogen (secondary N) is 1. The van der Waals surface area contributed by atoms with E-state index in [-0.39, 0.29) is 11.7 Å². The fourth-order valence-corrected chi connectivity index (χ4v) is 3.44. The second-order valence-electron chi connectivity index (χ2n) is 5.08. The van der Waals surface area contributed by atoms with Gasteiger partial charge in [0.1, 0.15) is 5.75 Å². The average molecular weight is 347 g/mol. The third-order valence-electron chi connectivity index (χ3n) is 3.33. The Kier molecular flexibility index (Phi) is 6.20. The molecule has 2 aromatic rings. The number of sulfone groups is 1. The smallest absolute Gasteiger partial charge is 0.193 e. The number of guanidine groups is 1. The van der Waals surface area contributed by atoms with Gasteiger partial charge < -0.3 is 15.8 Å². The number of aliphatic imine (C=N–C) groups is 1. The molecule has 0 fully saturated rings. The van der Waals surface area contributed by atoms with E-state index in [2.05, 4.69) is 10.3 Å². The Bertz CT molecular complexity index is 790. The van der Waals surface area contributed by atoms with E-state index in [0.717, 1.165) is 0 Å². The lowest BCUT2D eigenvalue weighted by molar-refractivity contribution is 0.417. The molecular weight excluding hydrogens is 326 g/mol. The number of anilines is 1. The second kappa shape index (κ2) is 8.35. The summed E-state index contributed by atoms with van der Waals surface area (Å²) in [5.41, 5.74) is 6.53. The van der Waals surface area contributed by atoms with E-state index in [1.165, 1.54) is 0 Å². The number of ether oxygens (including phenoxy) is 1. The zero-order chi connectivity index (χ0) is 17.4. The number of para-hydroxylation sites is 2. The van der Waals surface area contributed by atoms with E-state index in [0.29, 0.717) is 29.3 Å². The third kappa shape index (κ3) is 4.99. The van der Waals surface area contributed by atoms with E-state index >= 15 is 0 Å². The average Bonchev–Trinajstić information content (AvgIpc) is 2.60. The summed E-state index contributed by atoms with van der Waals surface area (Å²) in [5, 5.41) is 2.94. The Balaban J connectivity index is 1.87. The van der Waals surface area contributed by atoms with Crippen LogP contribution in [0.3, 0.4) is 0 Å². The van der Waals surface area contributed by atoms with Gasteiger partial charge in [-0.2, -0.15) is 0 Å². The predicted molar refractivity (Wildman–Crippen MR) is 96.2 cm³/mol. The Hall–Kier alpha value is -2.54. The van der Waals surface area contributed by atoms with Gasteiger partial charge in [-0.05, 0) is 30.7 Å². The van der Waals surface area contributed by atoms with Gasteiger partial charge in [0, 0.05) is 6.54 Å². The van der Waals surface area contributed by atoms with Crippen molar-refractivity contribution in [3.8, 4) is 5.75 Å². The minimum atomic E-state index is -3.28. The summed E-state index contributed by atoms with van der Waals surface area (Å²) in [6.45, 7) is 0.319. The van der Waals surface area contributed by atoms with Crippen molar-refractivity contribution in [2.24, 2.45) is 10.7 Å². The third-order valence-corrected chi connectivity index (χ3v) is 5.14. The number of hydrogen-bond donors (Lipinski definition) is 2. The van der Waals surface area contributed by atoms with E-state index < -0.39 is 9.84 Å². The molecular formula is C17H21N3O3S. The summed E-state index contributed by atoms with van der Waals surface area (Å²) in [6.07, 6.45) is 0.394. The van der Waals surface area contributed by atoms with Crippen molar-refractivity contribution in [1.29, 1.82) is 0 Å². The fraction of sp³-hybridized carbons (Fsp3) is 0.235. The molecule has 0 atom stereocenters. The summed E-state index contributed by atoms with van der Waals surface area (Å²) < 4.78 is 29.5. The maximum atomic E-state index is 12.1. The minimum Gasteiger partial charge on any atom is -0.495 e. The summed E-state index contributed by atoms with van der Waals surface area (Å²) in [6, 6.07) is 15.7. The predicted octanol–water partition coefficient (Wildman–Crippen LogP) is 2.29. The van der Waals surface area contributed by atoms with Crippen LogP contribution in [0.2, 0.25) is 0 Å². The Morgan fingerprint density at radius 2 is 1.79 bits per heavy atom. The van der Waals surface area contributed by atoms with Crippen LogP contribution in [-0.2, 0) is 9.84 Å². The van der Waals surface area contributed by atoms with Crippen LogP contribution >= 0.6 is 0 Å². The molecule has 0 spiro atoms. The first-order valence-corrected chi connectivity index (χ1v) is 9.16. The van der Waals surface area contributed by atoms with E-state index in [4.69, 9.17) is 10.5 Å². The number of hydrogen-bond acceptors (Lipinski definition) is 4. The standard InChI is InChI=1S/C17H21N3O3S/c1-23-16-11-6-5-10-15(16)20-17(18)19-12-7-13-24(21,22)14-8-3-2-4-9-14/h2-6,8-11H,7,12-13H2,1H3,(H3,18,19,20). The van der Waals surface area contributed by atoms with E-state index in [1.807, 2.05) is 24.3 Å². The Morgan fingerprint density at radius 3 is 2.50 bits per heavy atom. The van der Waals surface area contributed by atoms with Crippen LogP contribution < -0.4 is 15.8 Å². The van der Waals surface area contributed by atoms with Gasteiger partial charge in [0.05, 0.1) is 23.4 Å². The minimum absolute atomic E-state index is 0.0302. The molecule has 128 valence electrons. The van der Waals surface area contributed by atoms with Crippen molar-refractivity contribution in [1.82, 2.24) is 0 Å². The van der Waals surface area contributed by atoms with Crippen molar-refractivity contribution < 1.29 is 13.2 Å². The molecule has 0 heterocycles. The number of rotatable bonds is 7. The molecule has 0 amide bonds. The van der Waals surface area contributed by atoms with Gasteiger partial charge in [-0.3, -0.25) is 4.99 Å². The molecule has 0 saturated heterocycles. The monoisotopic (exact) mass is 347 g/mol. The van der Waals surface area contributed by atoms with Crippen LogP contribution in [0.1, 0.15) is 6.42 Å². The molecule has 0 saturated carbocycles. The lowest BCUT2D eigenvalue weighted by Crippen LogP contribution is -2.23. The zero-order valence-electron chi connectivity index (χ0n) is 13.5. The van der Waals surface area contributed by atoms with Crippen LogP contribution in [0.5, 0.6) is 5.75 Å². The topological polar surface area (TPSA) is 93.8 Å². The molecule has 24 heavy (non-hydrogen) atoms. The quantitative estimate of drug-likeness (QED) is 0.455. The van der Waals surface area contributed by atoms with Crippen LogP contribution in [0.25, 0.3) is 0 Å². The first-order valence-electron chi connectivity index (χ1n) is 7.51. The lowest BCUT2D eigenvalue weighted by Gasteiger charge is -2.10. The number of benzene rings is 2. The highest BCUT2D eigenvalue weighted by Gasteiger charge is 2.12.